The first-order valence-electron chi connectivity index (χ1n) is 15.3. The van der Waals surface area contributed by atoms with Crippen molar-refractivity contribution >= 4 is 29.1 Å². The number of amides is 3. The van der Waals surface area contributed by atoms with Crippen molar-refractivity contribution in [2.75, 3.05) is 39.8 Å². The number of benzene rings is 1. The van der Waals surface area contributed by atoms with Crippen LogP contribution >= 0.6 is 11.3 Å². The minimum absolute atomic E-state index is 0.0479. The number of rotatable bonds is 10. The molecule has 0 aliphatic carbocycles. The summed E-state index contributed by atoms with van der Waals surface area (Å²) < 4.78 is 0. The highest BCUT2D eigenvalue weighted by Gasteiger charge is 2.44. The maximum absolute atomic E-state index is 13.9. The zero-order chi connectivity index (χ0) is 31.3. The van der Waals surface area contributed by atoms with E-state index in [-0.39, 0.29) is 43.3 Å². The number of hydrogen-bond acceptors (Lipinski definition) is 8. The maximum Gasteiger partial charge on any atom is 0.246 e. The van der Waals surface area contributed by atoms with Gasteiger partial charge in [-0.05, 0) is 69.3 Å². The Morgan fingerprint density at radius 1 is 1.16 bits per heavy atom. The Morgan fingerprint density at radius 2 is 1.84 bits per heavy atom. The highest BCUT2D eigenvalue weighted by molar-refractivity contribution is 7.13. The lowest BCUT2D eigenvalue weighted by molar-refractivity contribution is -0.144. The molecule has 2 aliphatic rings. The monoisotopic (exact) mass is 612 g/mol. The van der Waals surface area contributed by atoms with Crippen molar-refractivity contribution in [2.45, 2.75) is 78.1 Å². The molecule has 2 saturated heterocycles. The number of carbonyl (C=O) groups excluding carboxylic acids is 3. The first kappa shape index (κ1) is 33.0. The van der Waals surface area contributed by atoms with Crippen molar-refractivity contribution in [3.8, 4) is 10.4 Å². The Hall–Kier alpha value is -2.86. The quantitative estimate of drug-likeness (QED) is 0.325. The van der Waals surface area contributed by atoms with Crippen LogP contribution in [0.1, 0.15) is 64.3 Å². The van der Waals surface area contributed by atoms with Gasteiger partial charge in [0.2, 0.25) is 17.7 Å². The topological polar surface area (TPSA) is 127 Å². The van der Waals surface area contributed by atoms with E-state index in [1.165, 1.54) is 4.90 Å². The van der Waals surface area contributed by atoms with Crippen LogP contribution in [0.5, 0.6) is 0 Å². The molecule has 4 atom stereocenters. The van der Waals surface area contributed by atoms with Crippen LogP contribution < -0.4 is 16.0 Å². The van der Waals surface area contributed by atoms with E-state index in [9.17, 15) is 19.5 Å². The predicted molar refractivity (Wildman–Crippen MR) is 169 cm³/mol. The minimum atomic E-state index is -0.840. The maximum atomic E-state index is 13.9. The second-order valence-corrected chi connectivity index (χ2v) is 14.1. The Labute approximate surface area is 259 Å². The van der Waals surface area contributed by atoms with Gasteiger partial charge in [-0.25, -0.2) is 4.98 Å². The molecule has 0 unspecified atom stereocenters. The average Bonchev–Trinajstić information content (AvgIpc) is 3.56. The van der Waals surface area contributed by atoms with Crippen molar-refractivity contribution < 1.29 is 19.5 Å². The molecule has 0 spiro atoms. The SMILES string of the molecule is Cc1ncsc1-c1ccc([C@H](C)NC(=O)[C@@H]2C[C@@H](O)CN2C(=O)[C@@H](NC(=O)CN(C)CC2CCNCC2)C(C)(C)C)cc1. The lowest BCUT2D eigenvalue weighted by Crippen LogP contribution is -2.58. The molecule has 2 aliphatic heterocycles. The Morgan fingerprint density at radius 3 is 2.44 bits per heavy atom. The first-order valence-corrected chi connectivity index (χ1v) is 16.2. The van der Waals surface area contributed by atoms with Crippen molar-refractivity contribution in [3.05, 3.63) is 41.0 Å². The van der Waals surface area contributed by atoms with Gasteiger partial charge < -0.3 is 26.0 Å². The zero-order valence-corrected chi connectivity index (χ0v) is 27.2. The fraction of sp³-hybridized carbons (Fsp3) is 0.625. The van der Waals surface area contributed by atoms with E-state index in [1.54, 1.807) is 11.3 Å². The summed E-state index contributed by atoms with van der Waals surface area (Å²) in [5.74, 6) is -0.348. The molecule has 3 amide bonds. The number of aryl methyl sites for hydroxylation is 1. The van der Waals surface area contributed by atoms with Crippen LogP contribution in [-0.2, 0) is 14.4 Å². The second-order valence-electron chi connectivity index (χ2n) is 13.3. The Kier molecular flexibility index (Phi) is 11.0. The van der Waals surface area contributed by atoms with E-state index in [1.807, 2.05) is 76.3 Å². The third-order valence-electron chi connectivity index (χ3n) is 8.50. The lowest BCUT2D eigenvalue weighted by Gasteiger charge is -2.36. The first-order chi connectivity index (χ1) is 20.3. The van der Waals surface area contributed by atoms with Crippen molar-refractivity contribution in [3.63, 3.8) is 0 Å². The number of thiazole rings is 1. The van der Waals surface area contributed by atoms with Gasteiger partial charge in [-0.2, -0.15) is 0 Å². The largest absolute Gasteiger partial charge is 0.391 e. The Balaban J connectivity index is 1.39. The molecule has 43 heavy (non-hydrogen) atoms. The third kappa shape index (κ3) is 8.62. The van der Waals surface area contributed by atoms with Gasteiger partial charge >= 0.3 is 0 Å². The number of carbonyl (C=O) groups is 3. The molecule has 1 aromatic heterocycles. The van der Waals surface area contributed by atoms with Gasteiger partial charge in [0, 0.05) is 19.5 Å². The van der Waals surface area contributed by atoms with Crippen LogP contribution in [0.2, 0.25) is 0 Å². The van der Waals surface area contributed by atoms with Crippen molar-refractivity contribution in [2.24, 2.45) is 11.3 Å². The molecule has 236 valence electrons. The molecular formula is C32H48N6O4S. The number of aliphatic hydroxyl groups excluding tert-OH is 1. The number of piperidine rings is 1. The average molecular weight is 613 g/mol. The molecule has 4 N–H and O–H groups in total. The standard InChI is InChI=1S/C32H48N6O4S/c1-20(23-7-9-24(10-8-23)28-21(2)34-19-43-28)35-30(41)26-15-25(39)17-38(26)31(42)29(32(3,4)5)36-27(40)18-37(6)16-22-11-13-33-14-12-22/h7-10,19-20,22,25-26,29,33,39H,11-18H2,1-6H3,(H,35,41)(H,36,40)/t20-,25+,26-,29+/m0/s1. The molecule has 0 radical (unpaired) electrons. The van der Waals surface area contributed by atoms with Crippen LogP contribution in [0.3, 0.4) is 0 Å². The number of aliphatic hydroxyl groups is 1. The number of likely N-dealkylation sites (tertiary alicyclic amines) is 1. The highest BCUT2D eigenvalue weighted by atomic mass is 32.1. The van der Waals surface area contributed by atoms with E-state index < -0.39 is 23.6 Å². The van der Waals surface area contributed by atoms with Crippen LogP contribution in [0.25, 0.3) is 10.4 Å². The molecule has 11 heteroatoms. The molecule has 0 saturated carbocycles. The normalized spacial score (nSPS) is 21.1. The second kappa shape index (κ2) is 14.3. The fourth-order valence-electron chi connectivity index (χ4n) is 6.04. The smallest absolute Gasteiger partial charge is 0.246 e. The molecule has 10 nitrogen and oxygen atoms in total. The highest BCUT2D eigenvalue weighted by Crippen LogP contribution is 2.29. The van der Waals surface area contributed by atoms with E-state index >= 15 is 0 Å². The van der Waals surface area contributed by atoms with Crippen LogP contribution in [0.15, 0.2) is 29.8 Å². The molecule has 0 bridgehead atoms. The van der Waals surface area contributed by atoms with Gasteiger partial charge in [-0.1, -0.05) is 45.0 Å². The summed E-state index contributed by atoms with van der Waals surface area (Å²) in [7, 11) is 1.93. The van der Waals surface area contributed by atoms with Gasteiger partial charge in [-0.3, -0.25) is 19.3 Å². The molecular weight excluding hydrogens is 564 g/mol. The summed E-state index contributed by atoms with van der Waals surface area (Å²) in [6.07, 6.45) is 1.51. The van der Waals surface area contributed by atoms with E-state index in [0.717, 1.165) is 54.2 Å². The summed E-state index contributed by atoms with van der Waals surface area (Å²) in [6, 6.07) is 6.05. The summed E-state index contributed by atoms with van der Waals surface area (Å²) in [5, 5.41) is 19.9. The van der Waals surface area contributed by atoms with E-state index in [4.69, 9.17) is 0 Å². The summed E-state index contributed by atoms with van der Waals surface area (Å²) in [4.78, 5) is 49.4. The molecule has 2 fully saturated rings. The Bertz CT molecular complexity index is 1250. The van der Waals surface area contributed by atoms with Gasteiger partial charge in [-0.15, -0.1) is 11.3 Å². The fourth-order valence-corrected chi connectivity index (χ4v) is 6.85. The minimum Gasteiger partial charge on any atom is -0.391 e. The number of β-amino-alcohol motifs (C(OH)–C–C–N with tert-alkyl or cyclic N) is 1. The summed E-state index contributed by atoms with van der Waals surface area (Å²) in [6.45, 7) is 12.6. The van der Waals surface area contributed by atoms with Gasteiger partial charge in [0.25, 0.3) is 0 Å². The zero-order valence-electron chi connectivity index (χ0n) is 26.4. The van der Waals surface area contributed by atoms with Crippen molar-refractivity contribution in [1.82, 2.24) is 30.7 Å². The predicted octanol–water partition coefficient (Wildman–Crippen LogP) is 2.72. The van der Waals surface area contributed by atoms with E-state index in [0.29, 0.717) is 5.92 Å². The van der Waals surface area contributed by atoms with Crippen molar-refractivity contribution in [1.29, 1.82) is 0 Å². The molecule has 1 aromatic carbocycles. The van der Waals surface area contributed by atoms with E-state index in [2.05, 4.69) is 20.9 Å². The molecule has 2 aromatic rings. The van der Waals surface area contributed by atoms with Crippen LogP contribution in [0.4, 0.5) is 0 Å². The number of aromatic nitrogens is 1. The third-order valence-corrected chi connectivity index (χ3v) is 9.48. The van der Waals surface area contributed by atoms with Gasteiger partial charge in [0.05, 0.1) is 34.8 Å². The molecule has 3 heterocycles. The number of hydrogen-bond donors (Lipinski definition) is 4. The van der Waals surface area contributed by atoms with Crippen LogP contribution in [-0.4, -0.2) is 95.6 Å². The van der Waals surface area contributed by atoms with Crippen LogP contribution in [0, 0.1) is 18.3 Å². The number of nitrogens with zero attached hydrogens (tertiary/aromatic N) is 3. The summed E-state index contributed by atoms with van der Waals surface area (Å²) >= 11 is 1.59. The number of nitrogens with one attached hydrogen (secondary N) is 3. The van der Waals surface area contributed by atoms with Gasteiger partial charge in [0.15, 0.2) is 0 Å². The summed E-state index contributed by atoms with van der Waals surface area (Å²) in [5.41, 5.74) is 4.22. The van der Waals surface area contributed by atoms with Gasteiger partial charge in [0.1, 0.15) is 12.1 Å². The lowest BCUT2D eigenvalue weighted by atomic mass is 9.85. The number of likely N-dealkylation sites (N-methyl/N-ethyl adjacent to an activating group) is 1. The molecule has 4 rings (SSSR count).